The molecule has 0 atom stereocenters. The van der Waals surface area contributed by atoms with Crippen LogP contribution in [-0.4, -0.2) is 44.7 Å². The summed E-state index contributed by atoms with van der Waals surface area (Å²) in [7, 11) is -4.99. The Balaban J connectivity index is 0.000000394. The number of rotatable bonds is 4. The number of anilines is 1. The van der Waals surface area contributed by atoms with Crippen LogP contribution in [-0.2, 0) is 20.6 Å². The number of benzene rings is 1. The van der Waals surface area contributed by atoms with Crippen molar-refractivity contribution >= 4 is 49.5 Å². The quantitative estimate of drug-likeness (QED) is 0.466. The fourth-order valence-electron chi connectivity index (χ4n) is 1.06. The fourth-order valence-corrected chi connectivity index (χ4v) is 2.13. The van der Waals surface area contributed by atoms with Crippen LogP contribution in [0, 0.1) is 0 Å². The lowest BCUT2D eigenvalue weighted by molar-refractivity contribution is -0.471. The Morgan fingerprint density at radius 2 is 1.90 bits per heavy atom. The van der Waals surface area contributed by atoms with E-state index in [9.17, 15) is 16.8 Å². The van der Waals surface area contributed by atoms with Crippen LogP contribution in [0.3, 0.4) is 0 Å². The number of hydrogen-bond acceptors (Lipinski definition) is 5. The molecule has 0 radical (unpaired) electrons. The first-order valence-electron chi connectivity index (χ1n) is 5.49. The fraction of sp³-hybridized carbons (Fsp3) is 0.400. The minimum Gasteiger partial charge on any atom is -0.397 e. The van der Waals surface area contributed by atoms with Gasteiger partial charge in [-0.2, -0.15) is 8.42 Å². The number of hydrogen-bond donors (Lipinski definition) is 2. The van der Waals surface area contributed by atoms with Gasteiger partial charge in [-0.15, -0.1) is 12.4 Å². The standard InChI is InChI=1S/C6H5Cl2N.C4H9NO5S2/c7-4-1-2-5(8)6(9)3-4;1-5(11(6)7)3-2-4-12(8,9)10/h1-3H,9H2;2-4H2,1H3/p+1. The molecule has 120 valence electrons. The van der Waals surface area contributed by atoms with Crippen molar-refractivity contribution in [2.45, 2.75) is 6.42 Å². The van der Waals surface area contributed by atoms with Gasteiger partial charge in [-0.05, 0) is 18.2 Å². The predicted octanol–water partition coefficient (Wildman–Crippen LogP) is 1.54. The van der Waals surface area contributed by atoms with Gasteiger partial charge in [0.1, 0.15) is 0 Å². The highest BCUT2D eigenvalue weighted by atomic mass is 35.5. The summed E-state index contributed by atoms with van der Waals surface area (Å²) >= 11 is 11.2. The summed E-state index contributed by atoms with van der Waals surface area (Å²) in [5.74, 6) is -0.422. The molecule has 7 nitrogen and oxygen atoms in total. The summed E-state index contributed by atoms with van der Waals surface area (Å²) in [6.45, 7) is 0.0793. The number of nitrogens with zero attached hydrogens (tertiary/aromatic N) is 1. The van der Waals surface area contributed by atoms with E-state index in [0.717, 1.165) is 3.95 Å². The monoisotopic (exact) mass is 377 g/mol. The van der Waals surface area contributed by atoms with Gasteiger partial charge in [-0.3, -0.25) is 4.55 Å². The topological polar surface area (TPSA) is 118 Å². The molecule has 11 heteroatoms. The Morgan fingerprint density at radius 3 is 2.29 bits per heavy atom. The van der Waals surface area contributed by atoms with Crippen molar-refractivity contribution in [3.8, 4) is 0 Å². The molecule has 0 bridgehead atoms. The van der Waals surface area contributed by atoms with E-state index in [0.29, 0.717) is 15.7 Å². The highest BCUT2D eigenvalue weighted by Gasteiger charge is 2.07. The van der Waals surface area contributed by atoms with E-state index >= 15 is 0 Å². The van der Waals surface area contributed by atoms with Crippen LogP contribution >= 0.6 is 23.2 Å². The molecule has 0 amide bonds. The van der Waals surface area contributed by atoms with Crippen molar-refractivity contribution in [1.29, 1.82) is 0 Å². The molecule has 0 aliphatic heterocycles. The Morgan fingerprint density at radius 1 is 1.33 bits per heavy atom. The Bertz CT molecular complexity index is 709. The van der Waals surface area contributed by atoms with E-state index in [1.807, 2.05) is 0 Å². The number of nitrogen functional groups attached to an aromatic ring is 1. The molecule has 0 aliphatic rings. The average molecular weight is 378 g/mol. The molecule has 21 heavy (non-hydrogen) atoms. The van der Waals surface area contributed by atoms with Crippen molar-refractivity contribution in [3.63, 3.8) is 0 Å². The second-order valence-electron chi connectivity index (χ2n) is 3.87. The molecule has 1 aromatic carbocycles. The SMILES string of the molecule is C[N+](CCCS(=O)(=O)O)=S(=O)=O.Nc1cc(Cl)ccc1Cl. The maximum absolute atomic E-state index is 10.2. The van der Waals surface area contributed by atoms with Crippen LogP contribution in [0.5, 0.6) is 0 Å². The third kappa shape index (κ3) is 10.5. The van der Waals surface area contributed by atoms with E-state index < -0.39 is 26.4 Å². The maximum Gasteiger partial charge on any atom is 0.458 e. The molecule has 0 aliphatic carbocycles. The zero-order valence-electron chi connectivity index (χ0n) is 11.0. The molecule has 0 saturated heterocycles. The molecule has 1 aromatic rings. The molecular weight excluding hydrogens is 363 g/mol. The van der Waals surface area contributed by atoms with Gasteiger partial charge in [0.25, 0.3) is 10.1 Å². The smallest absolute Gasteiger partial charge is 0.397 e. The normalized spacial score (nSPS) is 10.5. The van der Waals surface area contributed by atoms with Crippen LogP contribution in [0.15, 0.2) is 18.2 Å². The van der Waals surface area contributed by atoms with Gasteiger partial charge in [0.2, 0.25) is 0 Å². The maximum atomic E-state index is 10.2. The molecule has 1 rings (SSSR count). The summed E-state index contributed by atoms with van der Waals surface area (Å²) in [6, 6.07) is 4.98. The van der Waals surface area contributed by atoms with Crippen LogP contribution in [0.1, 0.15) is 6.42 Å². The summed E-state index contributed by atoms with van der Waals surface area (Å²) in [5, 5.41) is 1.15. The first-order valence-corrected chi connectivity index (χ1v) is 8.89. The second-order valence-corrected chi connectivity index (χ2v) is 7.35. The van der Waals surface area contributed by atoms with Gasteiger partial charge in [-0.25, -0.2) is 0 Å². The summed E-state index contributed by atoms with van der Waals surface area (Å²) < 4.78 is 49.9. The zero-order valence-corrected chi connectivity index (χ0v) is 14.2. The van der Waals surface area contributed by atoms with E-state index in [4.69, 9.17) is 33.5 Å². The first kappa shape index (κ1) is 20.1. The third-order valence-electron chi connectivity index (χ3n) is 2.09. The zero-order chi connectivity index (χ0) is 16.6. The van der Waals surface area contributed by atoms with Crippen molar-refractivity contribution in [2.24, 2.45) is 0 Å². The first-order chi connectivity index (χ1) is 9.53. The minimum absolute atomic E-state index is 0.0793. The van der Waals surface area contributed by atoms with Crippen LogP contribution in [0.25, 0.3) is 0 Å². The van der Waals surface area contributed by atoms with E-state index in [1.54, 1.807) is 18.2 Å². The van der Waals surface area contributed by atoms with Crippen LogP contribution in [0.2, 0.25) is 10.0 Å². The largest absolute Gasteiger partial charge is 0.458 e. The summed E-state index contributed by atoms with van der Waals surface area (Å²) in [6.07, 6.45) is 0.0866. The van der Waals surface area contributed by atoms with Gasteiger partial charge >= 0.3 is 10.5 Å². The molecule has 0 heterocycles. The molecule has 0 spiro atoms. The van der Waals surface area contributed by atoms with Gasteiger partial charge in [-0.1, -0.05) is 23.2 Å². The van der Waals surface area contributed by atoms with E-state index in [1.165, 1.54) is 7.05 Å². The average Bonchev–Trinajstić information content (AvgIpc) is 2.33. The van der Waals surface area contributed by atoms with E-state index in [-0.39, 0.29) is 13.0 Å². The lowest BCUT2D eigenvalue weighted by atomic mass is 10.3. The van der Waals surface area contributed by atoms with Gasteiger partial charge in [0, 0.05) is 11.4 Å². The second kappa shape index (κ2) is 9.21. The van der Waals surface area contributed by atoms with Crippen molar-refractivity contribution in [1.82, 2.24) is 0 Å². The highest BCUT2D eigenvalue weighted by Crippen LogP contribution is 2.21. The Labute approximate surface area is 134 Å². The highest BCUT2D eigenvalue weighted by molar-refractivity contribution is 7.85. The number of nitrogens with two attached hydrogens (primary N) is 1. The summed E-state index contributed by atoms with van der Waals surface area (Å²) in [5.41, 5.74) is 5.92. The molecule has 0 fully saturated rings. The Hall–Kier alpha value is -0.870. The number of halogens is 2. The van der Waals surface area contributed by atoms with Crippen LogP contribution < -0.4 is 5.73 Å². The third-order valence-corrected chi connectivity index (χ3v) is 4.16. The predicted molar refractivity (Wildman–Crippen MR) is 81.9 cm³/mol. The van der Waals surface area contributed by atoms with Gasteiger partial charge < -0.3 is 5.73 Å². The lowest BCUT2D eigenvalue weighted by Gasteiger charge is -1.95. The minimum atomic E-state index is -3.97. The van der Waals surface area contributed by atoms with Gasteiger partial charge in [0.05, 0.1) is 16.5 Å². The molecule has 0 aromatic heterocycles. The van der Waals surface area contributed by atoms with E-state index in [2.05, 4.69) is 0 Å². The molecular formula is C10H15Cl2N2O5S2+. The van der Waals surface area contributed by atoms with Gasteiger partial charge in [0.15, 0.2) is 13.6 Å². The lowest BCUT2D eigenvalue weighted by Crippen LogP contribution is -2.12. The van der Waals surface area contributed by atoms with Crippen molar-refractivity contribution in [2.75, 3.05) is 25.1 Å². The molecule has 0 saturated carbocycles. The Kier molecular flexibility index (Phi) is 8.83. The summed E-state index contributed by atoms with van der Waals surface area (Å²) in [4.78, 5) is 0. The molecule has 0 unspecified atom stereocenters. The van der Waals surface area contributed by atoms with Crippen molar-refractivity contribution < 1.29 is 25.3 Å². The van der Waals surface area contributed by atoms with Crippen LogP contribution in [0.4, 0.5) is 5.69 Å². The molecule has 3 N–H and O–H groups in total. The van der Waals surface area contributed by atoms with Crippen molar-refractivity contribution in [3.05, 3.63) is 28.2 Å².